The Balaban J connectivity index is 2.61. The van der Waals surface area contributed by atoms with Crippen LogP contribution in [0.1, 0.15) is 44.4 Å². The molecule has 0 bridgehead atoms. The van der Waals surface area contributed by atoms with E-state index in [1.807, 2.05) is 13.0 Å². The van der Waals surface area contributed by atoms with Crippen molar-refractivity contribution in [1.29, 1.82) is 0 Å². The van der Waals surface area contributed by atoms with Gasteiger partial charge < -0.3 is 0 Å². The first kappa shape index (κ1) is 14.6. The van der Waals surface area contributed by atoms with Crippen LogP contribution in [0.25, 0.3) is 16.3 Å². The van der Waals surface area contributed by atoms with Crippen LogP contribution in [0.3, 0.4) is 0 Å². The molecule has 0 saturated carbocycles. The summed E-state index contributed by atoms with van der Waals surface area (Å²) < 4.78 is 0. The number of aryl methyl sites for hydroxylation is 1. The van der Waals surface area contributed by atoms with E-state index in [0.29, 0.717) is 0 Å². The third-order valence-electron chi connectivity index (χ3n) is 3.87. The first-order valence-electron chi connectivity index (χ1n) is 7.20. The normalized spacial score (nSPS) is 12.2. The second-order valence-corrected chi connectivity index (χ2v) is 6.45. The second kappa shape index (κ2) is 5.28. The van der Waals surface area contributed by atoms with E-state index in [-0.39, 0.29) is 5.41 Å². The van der Waals surface area contributed by atoms with Crippen molar-refractivity contribution in [2.24, 2.45) is 0 Å². The topological polar surface area (TPSA) is 0 Å². The van der Waals surface area contributed by atoms with E-state index in [9.17, 15) is 0 Å². The summed E-state index contributed by atoms with van der Waals surface area (Å²) in [7, 11) is 0. The predicted molar refractivity (Wildman–Crippen MR) is 91.2 cm³/mol. The van der Waals surface area contributed by atoms with Crippen molar-refractivity contribution in [1.82, 2.24) is 0 Å². The van der Waals surface area contributed by atoms with Gasteiger partial charge in [0.05, 0.1) is 0 Å². The van der Waals surface area contributed by atoms with Crippen LogP contribution in [0.4, 0.5) is 0 Å². The molecule has 0 aliphatic rings. The van der Waals surface area contributed by atoms with Crippen molar-refractivity contribution < 1.29 is 0 Å². The lowest BCUT2D eigenvalue weighted by atomic mass is 9.85. The molecule has 2 rings (SSSR count). The first-order chi connectivity index (χ1) is 9.34. The molecular formula is C20H24. The third-order valence-corrected chi connectivity index (χ3v) is 3.87. The van der Waals surface area contributed by atoms with E-state index in [2.05, 4.69) is 70.7 Å². The van der Waals surface area contributed by atoms with Crippen LogP contribution in [0.5, 0.6) is 0 Å². The standard InChI is InChI=1S/C20H24/c1-7-8-14(2)18-11-9-16-13-17(20(4,5)6)10-12-19(16)15(18)3/h7-13H,2H2,1,3-6H3. The maximum atomic E-state index is 4.15. The van der Waals surface area contributed by atoms with Gasteiger partial charge in [-0.15, -0.1) is 0 Å². The van der Waals surface area contributed by atoms with Gasteiger partial charge in [-0.3, -0.25) is 0 Å². The minimum atomic E-state index is 0.190. The highest BCUT2D eigenvalue weighted by Gasteiger charge is 2.14. The van der Waals surface area contributed by atoms with Crippen LogP contribution in [0, 0.1) is 6.92 Å². The number of hydrogen-bond acceptors (Lipinski definition) is 0. The van der Waals surface area contributed by atoms with Crippen molar-refractivity contribution in [2.75, 3.05) is 0 Å². The highest BCUT2D eigenvalue weighted by Crippen LogP contribution is 2.30. The summed E-state index contributed by atoms with van der Waals surface area (Å²) in [5, 5.41) is 2.63. The molecule has 0 aliphatic carbocycles. The summed E-state index contributed by atoms with van der Waals surface area (Å²) in [6.45, 7) is 15.1. The Morgan fingerprint density at radius 2 is 1.80 bits per heavy atom. The molecule has 104 valence electrons. The lowest BCUT2D eigenvalue weighted by Crippen LogP contribution is -2.10. The summed E-state index contributed by atoms with van der Waals surface area (Å²) in [4.78, 5) is 0. The Hall–Kier alpha value is -1.82. The van der Waals surface area contributed by atoms with E-state index in [1.165, 1.54) is 27.5 Å². The summed E-state index contributed by atoms with van der Waals surface area (Å²) in [5.74, 6) is 0. The van der Waals surface area contributed by atoms with Crippen molar-refractivity contribution in [3.05, 3.63) is 65.8 Å². The first-order valence-corrected chi connectivity index (χ1v) is 7.20. The maximum Gasteiger partial charge on any atom is -0.0132 e. The van der Waals surface area contributed by atoms with Crippen LogP contribution in [0.2, 0.25) is 0 Å². The quantitative estimate of drug-likeness (QED) is 0.580. The molecule has 0 aromatic heterocycles. The van der Waals surface area contributed by atoms with Gasteiger partial charge in [0.2, 0.25) is 0 Å². The van der Waals surface area contributed by atoms with E-state index < -0.39 is 0 Å². The van der Waals surface area contributed by atoms with Crippen LogP contribution in [0.15, 0.2) is 49.1 Å². The van der Waals surface area contributed by atoms with E-state index in [1.54, 1.807) is 0 Å². The molecule has 0 heterocycles. The number of hydrogen-bond donors (Lipinski definition) is 0. The summed E-state index contributed by atoms with van der Waals surface area (Å²) >= 11 is 0. The molecule has 0 aliphatic heterocycles. The van der Waals surface area contributed by atoms with Crippen LogP contribution < -0.4 is 0 Å². The summed E-state index contributed by atoms with van der Waals surface area (Å²) in [6.07, 6.45) is 4.10. The van der Waals surface area contributed by atoms with Gasteiger partial charge in [0, 0.05) is 0 Å². The molecule has 0 spiro atoms. The molecule has 0 fully saturated rings. The molecule has 0 unspecified atom stereocenters. The van der Waals surface area contributed by atoms with Gasteiger partial charge >= 0.3 is 0 Å². The molecule has 2 aromatic carbocycles. The summed E-state index contributed by atoms with van der Waals surface area (Å²) in [6, 6.07) is 11.2. The van der Waals surface area contributed by atoms with Gasteiger partial charge in [-0.05, 0) is 52.3 Å². The van der Waals surface area contributed by atoms with Gasteiger partial charge in [0.1, 0.15) is 0 Å². The largest absolute Gasteiger partial charge is 0.0912 e. The predicted octanol–water partition coefficient (Wildman–Crippen LogP) is 6.04. The molecule has 0 amide bonds. The fraction of sp³-hybridized carbons (Fsp3) is 0.300. The smallest absolute Gasteiger partial charge is 0.0132 e. The molecular weight excluding hydrogens is 240 g/mol. The molecule has 2 aromatic rings. The molecule has 0 nitrogen and oxygen atoms in total. The lowest BCUT2D eigenvalue weighted by molar-refractivity contribution is 0.591. The monoisotopic (exact) mass is 264 g/mol. The number of allylic oxidation sites excluding steroid dienone is 3. The van der Waals surface area contributed by atoms with E-state index in [0.717, 1.165) is 5.57 Å². The Morgan fingerprint density at radius 3 is 2.40 bits per heavy atom. The summed E-state index contributed by atoms with van der Waals surface area (Å²) in [5.41, 5.74) is 5.19. The second-order valence-electron chi connectivity index (χ2n) is 6.45. The van der Waals surface area contributed by atoms with Crippen molar-refractivity contribution in [3.8, 4) is 0 Å². The van der Waals surface area contributed by atoms with Crippen LogP contribution in [-0.4, -0.2) is 0 Å². The average molecular weight is 264 g/mol. The van der Waals surface area contributed by atoms with Gasteiger partial charge in [-0.2, -0.15) is 0 Å². The molecule has 0 heteroatoms. The Kier molecular flexibility index (Phi) is 3.85. The van der Waals surface area contributed by atoms with Gasteiger partial charge in [-0.25, -0.2) is 0 Å². The van der Waals surface area contributed by atoms with Crippen LogP contribution >= 0.6 is 0 Å². The Bertz CT molecular complexity index is 679. The van der Waals surface area contributed by atoms with Crippen molar-refractivity contribution in [3.63, 3.8) is 0 Å². The van der Waals surface area contributed by atoms with Gasteiger partial charge in [-0.1, -0.05) is 69.8 Å². The fourth-order valence-electron chi connectivity index (χ4n) is 2.59. The zero-order chi connectivity index (χ0) is 14.9. The van der Waals surface area contributed by atoms with Gasteiger partial charge in [0.15, 0.2) is 0 Å². The molecule has 0 atom stereocenters. The van der Waals surface area contributed by atoms with Crippen molar-refractivity contribution >= 4 is 16.3 Å². The van der Waals surface area contributed by atoms with Gasteiger partial charge in [0.25, 0.3) is 0 Å². The van der Waals surface area contributed by atoms with E-state index >= 15 is 0 Å². The zero-order valence-corrected chi connectivity index (χ0v) is 13.2. The third kappa shape index (κ3) is 2.70. The molecule has 0 radical (unpaired) electrons. The SMILES string of the molecule is C=C(C=CC)c1ccc2cc(C(C)(C)C)ccc2c1C. The van der Waals surface area contributed by atoms with E-state index in [4.69, 9.17) is 0 Å². The Morgan fingerprint density at radius 1 is 1.10 bits per heavy atom. The number of rotatable bonds is 2. The van der Waals surface area contributed by atoms with Crippen molar-refractivity contribution in [2.45, 2.75) is 40.0 Å². The Labute approximate surface area is 122 Å². The van der Waals surface area contributed by atoms with Crippen LogP contribution in [-0.2, 0) is 5.41 Å². The molecule has 0 N–H and O–H groups in total. The fourth-order valence-corrected chi connectivity index (χ4v) is 2.59. The molecule has 0 saturated heterocycles. The number of benzene rings is 2. The highest BCUT2D eigenvalue weighted by molar-refractivity contribution is 5.91. The minimum Gasteiger partial charge on any atom is -0.0912 e. The highest BCUT2D eigenvalue weighted by atomic mass is 14.2. The zero-order valence-electron chi connectivity index (χ0n) is 13.2. The lowest BCUT2D eigenvalue weighted by Gasteiger charge is -2.20. The molecule has 20 heavy (non-hydrogen) atoms. The maximum absolute atomic E-state index is 4.15. The average Bonchev–Trinajstić information content (AvgIpc) is 2.38. The minimum absolute atomic E-state index is 0.190. The number of fused-ring (bicyclic) bond motifs is 1.